The number of benzene rings is 1. The summed E-state index contributed by atoms with van der Waals surface area (Å²) < 4.78 is 52.2. The molecule has 1 unspecified atom stereocenters. The fraction of sp³-hybridized carbons (Fsp3) is 0.429. The molecule has 1 heterocycles. The van der Waals surface area contributed by atoms with E-state index in [0.29, 0.717) is 0 Å². The molecule has 1 aliphatic carbocycles. The summed E-state index contributed by atoms with van der Waals surface area (Å²) in [6.07, 6.45) is -5.97. The Morgan fingerprint density at radius 1 is 1.41 bits per heavy atom. The zero-order valence-corrected chi connectivity index (χ0v) is 11.2. The molecule has 0 saturated heterocycles. The lowest BCUT2D eigenvalue weighted by Crippen LogP contribution is -2.46. The number of hydrogen-bond donors (Lipinski definition) is 1. The van der Waals surface area contributed by atoms with E-state index in [1.807, 2.05) is 0 Å². The molecule has 1 aromatic carbocycles. The van der Waals surface area contributed by atoms with Gasteiger partial charge in [0.05, 0.1) is 5.56 Å². The Morgan fingerprint density at radius 3 is 2.55 bits per heavy atom. The van der Waals surface area contributed by atoms with Gasteiger partial charge in [0.2, 0.25) is 0 Å². The number of halogens is 4. The summed E-state index contributed by atoms with van der Waals surface area (Å²) in [5.41, 5.74) is -2.17. The van der Waals surface area contributed by atoms with Crippen molar-refractivity contribution >= 4 is 11.9 Å². The van der Waals surface area contributed by atoms with Crippen LogP contribution in [0.2, 0.25) is 0 Å². The van der Waals surface area contributed by atoms with Gasteiger partial charge < -0.3 is 10.0 Å². The van der Waals surface area contributed by atoms with E-state index in [9.17, 15) is 27.2 Å². The molecule has 0 aromatic heterocycles. The highest BCUT2D eigenvalue weighted by molar-refractivity contribution is 5.99. The molecular weight excluding hydrogens is 306 g/mol. The zero-order chi connectivity index (χ0) is 16.3. The van der Waals surface area contributed by atoms with Crippen LogP contribution in [0, 0.1) is 0 Å². The largest absolute Gasteiger partial charge is 0.480 e. The molecule has 1 N–H and O–H groups in total. The smallest absolute Gasteiger partial charge is 0.416 e. The molecule has 0 bridgehead atoms. The molecule has 1 spiro atoms. The van der Waals surface area contributed by atoms with E-state index in [4.69, 9.17) is 5.11 Å². The van der Waals surface area contributed by atoms with Crippen molar-refractivity contribution in [1.82, 2.24) is 4.90 Å². The van der Waals surface area contributed by atoms with Gasteiger partial charge in [-0.2, -0.15) is 13.2 Å². The number of alkyl halides is 4. The lowest BCUT2D eigenvalue weighted by molar-refractivity contribution is -0.138. The van der Waals surface area contributed by atoms with E-state index in [1.165, 1.54) is 0 Å². The third kappa shape index (κ3) is 2.13. The van der Waals surface area contributed by atoms with Crippen LogP contribution in [0.15, 0.2) is 18.2 Å². The molecule has 8 heteroatoms. The van der Waals surface area contributed by atoms with Gasteiger partial charge in [-0.3, -0.25) is 9.59 Å². The molecule has 2 atom stereocenters. The van der Waals surface area contributed by atoms with E-state index < -0.39 is 41.7 Å². The molecule has 2 aliphatic rings. The van der Waals surface area contributed by atoms with Crippen LogP contribution in [0.5, 0.6) is 0 Å². The van der Waals surface area contributed by atoms with Crippen molar-refractivity contribution in [2.75, 3.05) is 13.1 Å². The second-order valence-electron chi connectivity index (χ2n) is 5.64. The van der Waals surface area contributed by atoms with Crippen LogP contribution >= 0.6 is 0 Å². The predicted octanol–water partition coefficient (Wildman–Crippen LogP) is 2.23. The molecule has 22 heavy (non-hydrogen) atoms. The molecule has 1 saturated carbocycles. The Morgan fingerprint density at radius 2 is 2.05 bits per heavy atom. The van der Waals surface area contributed by atoms with Gasteiger partial charge in [-0.05, 0) is 30.2 Å². The summed E-state index contributed by atoms with van der Waals surface area (Å²) in [6, 6.07) is 2.57. The second kappa shape index (κ2) is 4.44. The monoisotopic (exact) mass is 317 g/mol. The SMILES string of the molecule is O=C(O)CN1C[C@@]2(CC2F)c2cc(C(F)(F)F)ccc2C1=O. The minimum absolute atomic E-state index is 0.00922. The zero-order valence-electron chi connectivity index (χ0n) is 11.2. The molecule has 1 aromatic rings. The van der Waals surface area contributed by atoms with Gasteiger partial charge in [0.25, 0.3) is 5.91 Å². The van der Waals surface area contributed by atoms with Crippen LogP contribution in [0.4, 0.5) is 17.6 Å². The van der Waals surface area contributed by atoms with Gasteiger partial charge in [0.1, 0.15) is 12.7 Å². The normalized spacial score (nSPS) is 27.0. The second-order valence-corrected chi connectivity index (χ2v) is 5.64. The minimum Gasteiger partial charge on any atom is -0.480 e. The Hall–Kier alpha value is -2.12. The number of carbonyl (C=O) groups excluding carboxylic acids is 1. The van der Waals surface area contributed by atoms with Crippen molar-refractivity contribution in [2.24, 2.45) is 0 Å². The molecular formula is C14H11F4NO3. The first-order valence-corrected chi connectivity index (χ1v) is 6.52. The fourth-order valence-electron chi connectivity index (χ4n) is 2.98. The van der Waals surface area contributed by atoms with Crippen molar-refractivity contribution in [3.63, 3.8) is 0 Å². The average Bonchev–Trinajstić information content (AvgIpc) is 3.04. The standard InChI is InChI=1S/C14H11F4NO3/c15-10-4-13(10)6-19(5-11(20)21)12(22)8-2-1-7(3-9(8)13)14(16,17)18/h1-3,10H,4-6H2,(H,20,21)/t10?,13-/m0/s1. The van der Waals surface area contributed by atoms with Crippen LogP contribution in [0.25, 0.3) is 0 Å². The summed E-state index contributed by atoms with van der Waals surface area (Å²) in [4.78, 5) is 24.0. The van der Waals surface area contributed by atoms with Gasteiger partial charge >= 0.3 is 12.1 Å². The highest BCUT2D eigenvalue weighted by Crippen LogP contribution is 2.55. The summed E-state index contributed by atoms with van der Waals surface area (Å²) in [6.45, 7) is -0.818. The molecule has 0 radical (unpaired) electrons. The summed E-state index contributed by atoms with van der Waals surface area (Å²) in [5, 5.41) is 8.80. The van der Waals surface area contributed by atoms with E-state index >= 15 is 0 Å². The predicted molar refractivity (Wildman–Crippen MR) is 66.2 cm³/mol. The Balaban J connectivity index is 2.08. The molecule has 1 fully saturated rings. The highest BCUT2D eigenvalue weighted by Gasteiger charge is 2.61. The molecule has 4 nitrogen and oxygen atoms in total. The number of carbonyl (C=O) groups is 2. The lowest BCUT2D eigenvalue weighted by atomic mass is 9.85. The van der Waals surface area contributed by atoms with Crippen molar-refractivity contribution in [3.8, 4) is 0 Å². The number of amides is 1. The van der Waals surface area contributed by atoms with E-state index in [1.54, 1.807) is 0 Å². The van der Waals surface area contributed by atoms with Gasteiger partial charge in [0.15, 0.2) is 0 Å². The molecule has 1 amide bonds. The van der Waals surface area contributed by atoms with Crippen LogP contribution in [0.3, 0.4) is 0 Å². The third-order valence-corrected chi connectivity index (χ3v) is 4.18. The van der Waals surface area contributed by atoms with Crippen LogP contribution < -0.4 is 0 Å². The average molecular weight is 317 g/mol. The first-order chi connectivity index (χ1) is 10.1. The number of nitrogens with zero attached hydrogens (tertiary/aromatic N) is 1. The number of hydrogen-bond acceptors (Lipinski definition) is 2. The number of carboxylic acid groups (broad SMARTS) is 1. The first kappa shape index (κ1) is 14.8. The van der Waals surface area contributed by atoms with Crippen LogP contribution in [0.1, 0.15) is 27.9 Å². The van der Waals surface area contributed by atoms with Crippen molar-refractivity contribution in [2.45, 2.75) is 24.2 Å². The molecule has 1 aliphatic heterocycles. The van der Waals surface area contributed by atoms with Gasteiger partial charge in [0, 0.05) is 17.5 Å². The third-order valence-electron chi connectivity index (χ3n) is 4.18. The van der Waals surface area contributed by atoms with Gasteiger partial charge in [-0.15, -0.1) is 0 Å². The highest BCUT2D eigenvalue weighted by atomic mass is 19.4. The van der Waals surface area contributed by atoms with Crippen molar-refractivity contribution < 1.29 is 32.3 Å². The molecule has 3 rings (SSSR count). The maximum Gasteiger partial charge on any atom is 0.416 e. The van der Waals surface area contributed by atoms with Crippen molar-refractivity contribution in [3.05, 3.63) is 34.9 Å². The Bertz CT molecular complexity index is 673. The maximum atomic E-state index is 13.8. The van der Waals surface area contributed by atoms with Crippen molar-refractivity contribution in [1.29, 1.82) is 0 Å². The number of fused-ring (bicyclic) bond motifs is 2. The topological polar surface area (TPSA) is 57.6 Å². The fourth-order valence-corrected chi connectivity index (χ4v) is 2.98. The Labute approximate surface area is 122 Å². The van der Waals surface area contributed by atoms with Crippen LogP contribution in [-0.2, 0) is 16.4 Å². The summed E-state index contributed by atoms with van der Waals surface area (Å²) in [7, 11) is 0. The lowest BCUT2D eigenvalue weighted by Gasteiger charge is -2.34. The van der Waals surface area contributed by atoms with E-state index in [-0.39, 0.29) is 24.1 Å². The van der Waals surface area contributed by atoms with Crippen LogP contribution in [-0.4, -0.2) is 41.1 Å². The van der Waals surface area contributed by atoms with Gasteiger partial charge in [-0.25, -0.2) is 4.39 Å². The summed E-state index contributed by atoms with van der Waals surface area (Å²) in [5.74, 6) is -1.94. The summed E-state index contributed by atoms with van der Waals surface area (Å²) >= 11 is 0. The number of aliphatic carboxylic acids is 1. The van der Waals surface area contributed by atoms with E-state index in [2.05, 4.69) is 0 Å². The van der Waals surface area contributed by atoms with E-state index in [0.717, 1.165) is 23.1 Å². The first-order valence-electron chi connectivity index (χ1n) is 6.52. The van der Waals surface area contributed by atoms with Gasteiger partial charge in [-0.1, -0.05) is 0 Å². The quantitative estimate of drug-likeness (QED) is 0.851. The maximum absolute atomic E-state index is 13.8. The minimum atomic E-state index is -4.59. The molecule has 118 valence electrons. The number of carboxylic acids is 1. The Kier molecular flexibility index (Phi) is 2.99. The number of rotatable bonds is 2.